The van der Waals surface area contributed by atoms with Crippen molar-refractivity contribution in [3.63, 3.8) is 0 Å². The minimum absolute atomic E-state index is 0.0917. The molecule has 0 saturated carbocycles. The minimum atomic E-state index is -0.785. The summed E-state index contributed by atoms with van der Waals surface area (Å²) in [5.74, 6) is 0.948. The van der Waals surface area contributed by atoms with E-state index in [1.165, 1.54) is 12.5 Å². The van der Waals surface area contributed by atoms with Gasteiger partial charge in [0, 0.05) is 5.56 Å². The predicted octanol–water partition coefficient (Wildman–Crippen LogP) is 2.12. The number of aromatic nitrogens is 2. The molecule has 1 aliphatic heterocycles. The molecule has 2 heterocycles. The summed E-state index contributed by atoms with van der Waals surface area (Å²) in [5.41, 5.74) is -0.423. The molecule has 1 aromatic heterocycles. The molecule has 0 aliphatic carbocycles. The number of hydrogen-bond donors (Lipinski definition) is 1. The van der Waals surface area contributed by atoms with Crippen LogP contribution in [0.4, 0.5) is 0 Å². The van der Waals surface area contributed by atoms with Crippen molar-refractivity contribution in [3.05, 3.63) is 34.9 Å². The number of fused-ring (bicyclic) bond motifs is 1. The minimum Gasteiger partial charge on any atom is -0.454 e. The molecule has 1 aromatic carbocycles. The van der Waals surface area contributed by atoms with Crippen LogP contribution in [-0.4, -0.2) is 22.8 Å². The Bertz CT molecular complexity index is 685. The summed E-state index contributed by atoms with van der Waals surface area (Å²) in [6.07, 6.45) is 1.21. The first-order valence-electron chi connectivity index (χ1n) is 6.16. The lowest BCUT2D eigenvalue weighted by atomic mass is 10.0. The molecule has 0 atom stereocenters. The van der Waals surface area contributed by atoms with E-state index < -0.39 is 5.54 Å². The summed E-state index contributed by atoms with van der Waals surface area (Å²) in [4.78, 5) is 16.3. The maximum atomic E-state index is 12.4. The summed E-state index contributed by atoms with van der Waals surface area (Å²) >= 11 is 6.06. The Balaban J connectivity index is 1.85. The molecule has 1 amide bonds. The van der Waals surface area contributed by atoms with Gasteiger partial charge in [-0.3, -0.25) is 4.79 Å². The number of carbonyl (C=O) groups is 1. The zero-order chi connectivity index (χ0) is 15.0. The molecule has 0 radical (unpaired) electrons. The van der Waals surface area contributed by atoms with E-state index in [0.29, 0.717) is 27.9 Å². The molecule has 2 aromatic rings. The van der Waals surface area contributed by atoms with Crippen LogP contribution in [-0.2, 0) is 5.54 Å². The monoisotopic (exact) mass is 309 g/mol. The highest BCUT2D eigenvalue weighted by Gasteiger charge is 2.29. The second kappa shape index (κ2) is 4.92. The SMILES string of the molecule is CC(C)(NC(=O)c1cc(Cl)c2c(c1)OCO2)c1ncon1. The summed E-state index contributed by atoms with van der Waals surface area (Å²) in [7, 11) is 0. The summed E-state index contributed by atoms with van der Waals surface area (Å²) in [6.45, 7) is 3.63. The third kappa shape index (κ3) is 2.52. The smallest absolute Gasteiger partial charge is 0.252 e. The quantitative estimate of drug-likeness (QED) is 0.934. The molecular formula is C13H12ClN3O4. The first-order valence-corrected chi connectivity index (χ1v) is 6.54. The number of ether oxygens (including phenoxy) is 2. The second-order valence-corrected chi connectivity index (χ2v) is 5.43. The van der Waals surface area contributed by atoms with E-state index in [-0.39, 0.29) is 12.7 Å². The summed E-state index contributed by atoms with van der Waals surface area (Å²) < 4.78 is 15.1. The van der Waals surface area contributed by atoms with Gasteiger partial charge in [0.2, 0.25) is 13.2 Å². The molecule has 1 aliphatic rings. The molecule has 0 unspecified atom stereocenters. The fourth-order valence-corrected chi connectivity index (χ4v) is 2.22. The van der Waals surface area contributed by atoms with Crippen molar-refractivity contribution in [2.75, 3.05) is 6.79 Å². The normalized spacial score (nSPS) is 13.3. The van der Waals surface area contributed by atoms with Gasteiger partial charge in [-0.05, 0) is 26.0 Å². The lowest BCUT2D eigenvalue weighted by Gasteiger charge is -2.22. The zero-order valence-corrected chi connectivity index (χ0v) is 12.1. The Labute approximate surface area is 125 Å². The number of nitrogens with zero attached hydrogens (tertiary/aromatic N) is 2. The van der Waals surface area contributed by atoms with Gasteiger partial charge in [-0.15, -0.1) is 0 Å². The molecule has 0 spiro atoms. The molecule has 1 N–H and O–H groups in total. The number of carbonyl (C=O) groups excluding carboxylic acids is 1. The predicted molar refractivity (Wildman–Crippen MR) is 72.4 cm³/mol. The Hall–Kier alpha value is -2.28. The molecule has 0 fully saturated rings. The zero-order valence-electron chi connectivity index (χ0n) is 11.3. The van der Waals surface area contributed by atoms with Gasteiger partial charge in [0.15, 0.2) is 17.3 Å². The topological polar surface area (TPSA) is 86.5 Å². The van der Waals surface area contributed by atoms with E-state index in [4.69, 9.17) is 25.6 Å². The molecule has 21 heavy (non-hydrogen) atoms. The van der Waals surface area contributed by atoms with Gasteiger partial charge < -0.3 is 19.3 Å². The largest absolute Gasteiger partial charge is 0.454 e. The maximum absolute atomic E-state index is 12.4. The number of benzene rings is 1. The Kier molecular flexibility index (Phi) is 3.21. The van der Waals surface area contributed by atoms with Gasteiger partial charge in [-0.25, -0.2) is 0 Å². The third-order valence-electron chi connectivity index (χ3n) is 3.04. The van der Waals surface area contributed by atoms with Crippen LogP contribution in [0.15, 0.2) is 23.0 Å². The van der Waals surface area contributed by atoms with Crippen molar-refractivity contribution in [2.45, 2.75) is 19.4 Å². The number of rotatable bonds is 3. The first kappa shape index (κ1) is 13.7. The average Bonchev–Trinajstić information content (AvgIpc) is 3.09. The number of hydrogen-bond acceptors (Lipinski definition) is 6. The lowest BCUT2D eigenvalue weighted by Crippen LogP contribution is -2.41. The number of halogens is 1. The van der Waals surface area contributed by atoms with Gasteiger partial charge in [0.1, 0.15) is 0 Å². The van der Waals surface area contributed by atoms with Crippen molar-refractivity contribution in [1.29, 1.82) is 0 Å². The van der Waals surface area contributed by atoms with E-state index in [2.05, 4.69) is 15.5 Å². The molecule has 3 rings (SSSR count). The first-order chi connectivity index (χ1) is 9.97. The molecule has 0 saturated heterocycles. The van der Waals surface area contributed by atoms with Crippen molar-refractivity contribution in [3.8, 4) is 11.5 Å². The van der Waals surface area contributed by atoms with Gasteiger partial charge in [-0.2, -0.15) is 4.98 Å². The van der Waals surface area contributed by atoms with Crippen LogP contribution in [0, 0.1) is 0 Å². The van der Waals surface area contributed by atoms with Gasteiger partial charge in [0.05, 0.1) is 10.6 Å². The van der Waals surface area contributed by atoms with Crippen LogP contribution in [0.5, 0.6) is 11.5 Å². The van der Waals surface area contributed by atoms with Crippen molar-refractivity contribution in [1.82, 2.24) is 15.5 Å². The van der Waals surface area contributed by atoms with E-state index in [1.54, 1.807) is 19.9 Å². The summed E-state index contributed by atoms with van der Waals surface area (Å²) in [6, 6.07) is 3.10. The van der Waals surface area contributed by atoms with Gasteiger partial charge in [-0.1, -0.05) is 16.8 Å². The van der Waals surface area contributed by atoms with Crippen LogP contribution in [0.3, 0.4) is 0 Å². The maximum Gasteiger partial charge on any atom is 0.252 e. The molecule has 8 heteroatoms. The Morgan fingerprint density at radius 1 is 1.38 bits per heavy atom. The van der Waals surface area contributed by atoms with E-state index in [0.717, 1.165) is 0 Å². The van der Waals surface area contributed by atoms with E-state index in [9.17, 15) is 4.79 Å². The highest BCUT2D eigenvalue weighted by molar-refractivity contribution is 6.32. The highest BCUT2D eigenvalue weighted by atomic mass is 35.5. The van der Waals surface area contributed by atoms with Gasteiger partial charge in [0.25, 0.3) is 5.91 Å². The van der Waals surface area contributed by atoms with Crippen molar-refractivity contribution in [2.24, 2.45) is 0 Å². The molecular weight excluding hydrogens is 298 g/mol. The standard InChI is InChI=1S/C13H12ClN3O4/c1-13(2,12-15-5-21-17-12)16-11(18)7-3-8(14)10-9(4-7)19-6-20-10/h3-5H,6H2,1-2H3,(H,16,18). The van der Waals surface area contributed by atoms with Crippen LogP contribution in [0.2, 0.25) is 5.02 Å². The van der Waals surface area contributed by atoms with Crippen LogP contribution in [0.1, 0.15) is 30.0 Å². The average molecular weight is 310 g/mol. The van der Waals surface area contributed by atoms with Gasteiger partial charge >= 0.3 is 0 Å². The lowest BCUT2D eigenvalue weighted by molar-refractivity contribution is 0.0907. The molecule has 0 bridgehead atoms. The van der Waals surface area contributed by atoms with E-state index >= 15 is 0 Å². The van der Waals surface area contributed by atoms with E-state index in [1.807, 2.05) is 0 Å². The van der Waals surface area contributed by atoms with Crippen molar-refractivity contribution < 1.29 is 18.8 Å². The Morgan fingerprint density at radius 3 is 2.90 bits per heavy atom. The fourth-order valence-electron chi connectivity index (χ4n) is 1.96. The number of nitrogens with one attached hydrogen (secondary N) is 1. The highest BCUT2D eigenvalue weighted by Crippen LogP contribution is 2.39. The summed E-state index contributed by atoms with van der Waals surface area (Å²) in [5, 5.41) is 6.88. The fraction of sp³-hybridized carbons (Fsp3) is 0.308. The Morgan fingerprint density at radius 2 is 2.19 bits per heavy atom. The molecule has 7 nitrogen and oxygen atoms in total. The third-order valence-corrected chi connectivity index (χ3v) is 3.32. The van der Waals surface area contributed by atoms with Crippen LogP contribution in [0.25, 0.3) is 0 Å². The molecule has 110 valence electrons. The van der Waals surface area contributed by atoms with Crippen LogP contribution < -0.4 is 14.8 Å². The van der Waals surface area contributed by atoms with Crippen molar-refractivity contribution >= 4 is 17.5 Å². The van der Waals surface area contributed by atoms with Crippen LogP contribution >= 0.6 is 11.6 Å². The number of amides is 1. The second-order valence-electron chi connectivity index (χ2n) is 5.03.